The molecule has 1 N–H and O–H groups in total. The zero-order valence-electron chi connectivity index (χ0n) is 8.64. The van der Waals surface area contributed by atoms with Gasteiger partial charge in [0.15, 0.2) is 0 Å². The summed E-state index contributed by atoms with van der Waals surface area (Å²) in [5.74, 6) is -0.369. The normalized spacial score (nSPS) is 10.8. The summed E-state index contributed by atoms with van der Waals surface area (Å²) in [5, 5.41) is 2.64. The Morgan fingerprint density at radius 2 is 1.85 bits per heavy atom. The molecule has 13 heavy (non-hydrogen) atoms. The number of hydrogen-bond donors (Lipinski definition) is 1. The Morgan fingerprint density at radius 1 is 1.31 bits per heavy atom. The molecule has 0 atom stereocenters. The van der Waals surface area contributed by atoms with Gasteiger partial charge in [-0.2, -0.15) is 0 Å². The van der Waals surface area contributed by atoms with Crippen molar-refractivity contribution in [2.75, 3.05) is 6.54 Å². The van der Waals surface area contributed by atoms with Gasteiger partial charge in [-0.05, 0) is 13.8 Å². The van der Waals surface area contributed by atoms with Gasteiger partial charge in [-0.3, -0.25) is 9.59 Å². The van der Waals surface area contributed by atoms with E-state index in [0.717, 1.165) is 0 Å². The Hall–Kier alpha value is -1.06. The highest BCUT2D eigenvalue weighted by Gasteiger charge is 2.20. The third-order valence-corrected chi connectivity index (χ3v) is 1.52. The Balaban J connectivity index is 3.75. The third-order valence-electron chi connectivity index (χ3n) is 1.52. The second-order valence-electron chi connectivity index (χ2n) is 3.59. The average Bonchev–Trinajstić information content (AvgIpc) is 1.81. The van der Waals surface area contributed by atoms with Crippen molar-refractivity contribution in [1.29, 1.82) is 0 Å². The summed E-state index contributed by atoms with van der Waals surface area (Å²) in [4.78, 5) is 21.2. The minimum atomic E-state index is -0.506. The van der Waals surface area contributed by atoms with Crippen LogP contribution in [0.3, 0.4) is 0 Å². The van der Waals surface area contributed by atoms with Gasteiger partial charge in [-0.25, -0.2) is 0 Å². The summed E-state index contributed by atoms with van der Waals surface area (Å²) in [6, 6.07) is 0. The van der Waals surface area contributed by atoms with Gasteiger partial charge in [0.1, 0.15) is 5.60 Å². The summed E-state index contributed by atoms with van der Waals surface area (Å²) in [6.45, 7) is 6.99. The highest BCUT2D eigenvalue weighted by Crippen LogP contribution is 2.13. The Bertz CT molecular complexity index is 199. The topological polar surface area (TPSA) is 55.4 Å². The standard InChI is InChI=1S/C9H17NO3/c1-7(11)10-6-5-9(3,4)13-8(2)12/h5-6H2,1-4H3,(H,10,11). The number of ether oxygens (including phenoxy) is 1. The van der Waals surface area contributed by atoms with Crippen LogP contribution in [0.25, 0.3) is 0 Å². The SMILES string of the molecule is CC(=O)NCCC(C)(C)OC(C)=O. The van der Waals surface area contributed by atoms with Crippen LogP contribution in [0.1, 0.15) is 34.1 Å². The molecule has 0 rings (SSSR count). The van der Waals surface area contributed by atoms with Crippen LogP contribution >= 0.6 is 0 Å². The van der Waals surface area contributed by atoms with Gasteiger partial charge in [0.25, 0.3) is 0 Å². The van der Waals surface area contributed by atoms with E-state index in [1.807, 2.05) is 13.8 Å². The minimum Gasteiger partial charge on any atom is -0.460 e. The van der Waals surface area contributed by atoms with Crippen molar-refractivity contribution in [1.82, 2.24) is 5.32 Å². The van der Waals surface area contributed by atoms with E-state index < -0.39 is 5.60 Å². The number of carbonyl (C=O) groups is 2. The maximum Gasteiger partial charge on any atom is 0.303 e. The van der Waals surface area contributed by atoms with E-state index in [4.69, 9.17) is 4.74 Å². The van der Waals surface area contributed by atoms with Gasteiger partial charge in [0.05, 0.1) is 0 Å². The first-order valence-corrected chi connectivity index (χ1v) is 4.27. The van der Waals surface area contributed by atoms with Crippen LogP contribution < -0.4 is 5.32 Å². The second-order valence-corrected chi connectivity index (χ2v) is 3.59. The molecule has 0 aliphatic rings. The van der Waals surface area contributed by atoms with Crippen molar-refractivity contribution < 1.29 is 14.3 Å². The Labute approximate surface area is 78.6 Å². The van der Waals surface area contributed by atoms with Gasteiger partial charge in [-0.15, -0.1) is 0 Å². The number of rotatable bonds is 4. The highest BCUT2D eigenvalue weighted by atomic mass is 16.6. The molecule has 0 fully saturated rings. The molecule has 0 saturated heterocycles. The summed E-state index contributed by atoms with van der Waals surface area (Å²) in [6.07, 6.45) is 0.617. The van der Waals surface area contributed by atoms with Crippen LogP contribution in [-0.2, 0) is 14.3 Å². The summed E-state index contributed by atoms with van der Waals surface area (Å²) >= 11 is 0. The molecule has 0 spiro atoms. The molecular weight excluding hydrogens is 170 g/mol. The fraction of sp³-hybridized carbons (Fsp3) is 0.778. The van der Waals surface area contributed by atoms with Crippen molar-refractivity contribution in [3.63, 3.8) is 0 Å². The fourth-order valence-corrected chi connectivity index (χ4v) is 0.980. The van der Waals surface area contributed by atoms with Crippen molar-refractivity contribution in [2.45, 2.75) is 39.7 Å². The maximum atomic E-state index is 10.6. The number of hydrogen-bond acceptors (Lipinski definition) is 3. The van der Waals surface area contributed by atoms with Crippen molar-refractivity contribution in [3.8, 4) is 0 Å². The van der Waals surface area contributed by atoms with E-state index >= 15 is 0 Å². The number of nitrogens with one attached hydrogen (secondary N) is 1. The van der Waals surface area contributed by atoms with E-state index in [9.17, 15) is 9.59 Å². The van der Waals surface area contributed by atoms with Gasteiger partial charge < -0.3 is 10.1 Å². The molecule has 0 bridgehead atoms. The molecule has 0 saturated carbocycles. The average molecular weight is 187 g/mol. The summed E-state index contributed by atoms with van der Waals surface area (Å²) in [5.41, 5.74) is -0.506. The molecular formula is C9H17NO3. The van der Waals surface area contributed by atoms with Crippen LogP contribution in [0.4, 0.5) is 0 Å². The first kappa shape index (κ1) is 11.9. The van der Waals surface area contributed by atoms with Crippen molar-refractivity contribution in [2.24, 2.45) is 0 Å². The lowest BCUT2D eigenvalue weighted by Crippen LogP contribution is -2.33. The molecule has 4 nitrogen and oxygen atoms in total. The lowest BCUT2D eigenvalue weighted by atomic mass is 10.1. The summed E-state index contributed by atoms with van der Waals surface area (Å²) < 4.78 is 5.03. The van der Waals surface area contributed by atoms with E-state index in [1.165, 1.54) is 13.8 Å². The van der Waals surface area contributed by atoms with E-state index in [1.54, 1.807) is 0 Å². The van der Waals surface area contributed by atoms with E-state index in [-0.39, 0.29) is 11.9 Å². The van der Waals surface area contributed by atoms with Crippen molar-refractivity contribution >= 4 is 11.9 Å². The largest absolute Gasteiger partial charge is 0.460 e. The smallest absolute Gasteiger partial charge is 0.303 e. The maximum absolute atomic E-state index is 10.6. The molecule has 0 radical (unpaired) electrons. The van der Waals surface area contributed by atoms with Crippen LogP contribution in [-0.4, -0.2) is 24.0 Å². The van der Waals surface area contributed by atoms with Gasteiger partial charge in [0.2, 0.25) is 5.91 Å². The quantitative estimate of drug-likeness (QED) is 0.664. The molecule has 4 heteroatoms. The minimum absolute atomic E-state index is 0.0707. The molecule has 76 valence electrons. The first-order valence-electron chi connectivity index (χ1n) is 4.27. The first-order chi connectivity index (χ1) is 5.83. The highest BCUT2D eigenvalue weighted by molar-refractivity contribution is 5.72. The molecule has 0 aliphatic heterocycles. The molecule has 0 heterocycles. The second kappa shape index (κ2) is 4.84. The third kappa shape index (κ3) is 7.31. The lowest BCUT2D eigenvalue weighted by molar-refractivity contribution is -0.154. The molecule has 0 aromatic heterocycles. The number of carbonyl (C=O) groups excluding carboxylic acids is 2. The lowest BCUT2D eigenvalue weighted by Gasteiger charge is -2.24. The predicted octanol–water partition coefficient (Wildman–Crippen LogP) is 0.854. The van der Waals surface area contributed by atoms with Crippen LogP contribution in [0, 0.1) is 0 Å². The summed E-state index contributed by atoms with van der Waals surface area (Å²) in [7, 11) is 0. The molecule has 0 unspecified atom stereocenters. The van der Waals surface area contributed by atoms with Crippen LogP contribution in [0.15, 0.2) is 0 Å². The van der Waals surface area contributed by atoms with Crippen LogP contribution in [0.2, 0.25) is 0 Å². The molecule has 0 aromatic carbocycles. The van der Waals surface area contributed by atoms with Gasteiger partial charge in [0, 0.05) is 26.8 Å². The zero-order chi connectivity index (χ0) is 10.5. The number of esters is 1. The monoisotopic (exact) mass is 187 g/mol. The molecule has 0 aromatic rings. The fourth-order valence-electron chi connectivity index (χ4n) is 0.980. The predicted molar refractivity (Wildman–Crippen MR) is 49.1 cm³/mol. The number of amides is 1. The van der Waals surface area contributed by atoms with Gasteiger partial charge >= 0.3 is 5.97 Å². The molecule has 1 amide bonds. The Morgan fingerprint density at radius 3 is 2.23 bits per heavy atom. The van der Waals surface area contributed by atoms with E-state index in [2.05, 4.69) is 5.32 Å². The van der Waals surface area contributed by atoms with Crippen LogP contribution in [0.5, 0.6) is 0 Å². The van der Waals surface area contributed by atoms with Gasteiger partial charge in [-0.1, -0.05) is 0 Å². The molecule has 0 aliphatic carbocycles. The van der Waals surface area contributed by atoms with E-state index in [0.29, 0.717) is 13.0 Å². The Kier molecular flexibility index (Phi) is 4.45. The van der Waals surface area contributed by atoms with Crippen molar-refractivity contribution in [3.05, 3.63) is 0 Å². The zero-order valence-corrected chi connectivity index (χ0v) is 8.64.